The summed E-state index contributed by atoms with van der Waals surface area (Å²) in [6, 6.07) is 13.8. The summed E-state index contributed by atoms with van der Waals surface area (Å²) in [5.41, 5.74) is 6.96. The molecule has 3 aromatic heterocycles. The van der Waals surface area contributed by atoms with Gasteiger partial charge in [-0.15, -0.1) is 5.10 Å². The summed E-state index contributed by atoms with van der Waals surface area (Å²) in [5.74, 6) is 1.05. The molecule has 0 aliphatic rings. The maximum absolute atomic E-state index is 12.1. The van der Waals surface area contributed by atoms with Crippen molar-refractivity contribution in [3.8, 4) is 34.5 Å². The predicted octanol–water partition coefficient (Wildman–Crippen LogP) is 4.90. The quantitative estimate of drug-likeness (QED) is 0.330. The Bertz CT molecular complexity index is 1860. The molecular weight excluding hydrogens is 519 g/mol. The van der Waals surface area contributed by atoms with Gasteiger partial charge in [-0.3, -0.25) is 9.78 Å². The fourth-order valence-corrected chi connectivity index (χ4v) is 4.39. The summed E-state index contributed by atoms with van der Waals surface area (Å²) in [6.07, 6.45) is 0. The van der Waals surface area contributed by atoms with Crippen LogP contribution in [-0.2, 0) is 0 Å². The number of aromatic nitrogens is 4. The number of pyridine rings is 1. The summed E-state index contributed by atoms with van der Waals surface area (Å²) in [6.45, 7) is 3.70. The van der Waals surface area contributed by atoms with Crippen LogP contribution in [0.2, 0.25) is 10.0 Å². The molecule has 12 heteroatoms. The number of halogens is 2. The molecule has 3 heterocycles. The van der Waals surface area contributed by atoms with Gasteiger partial charge in [0.2, 0.25) is 11.6 Å². The van der Waals surface area contributed by atoms with Crippen molar-refractivity contribution in [3.05, 3.63) is 90.4 Å². The number of anilines is 1. The lowest BCUT2D eigenvalue weighted by Crippen LogP contribution is -2.33. The Morgan fingerprint density at radius 3 is 2.54 bits per heavy atom. The highest BCUT2D eigenvalue weighted by atomic mass is 35.5. The van der Waals surface area contributed by atoms with E-state index in [1.807, 2.05) is 13.0 Å². The normalized spacial score (nSPS) is 11.0. The van der Waals surface area contributed by atoms with E-state index in [4.69, 9.17) is 38.1 Å². The van der Waals surface area contributed by atoms with Crippen molar-refractivity contribution in [2.75, 3.05) is 5.73 Å². The number of nitrogens with one attached hydrogen (secondary N) is 1. The minimum Gasteiger partial charge on any atom is -0.454 e. The molecule has 0 radical (unpaired) electrons. The van der Waals surface area contributed by atoms with Crippen LogP contribution in [0.15, 0.2) is 56.5 Å². The average molecular weight is 535 g/mol. The SMILES string of the molecule is Cc1cc(-c2cc(C)c3cc(Oc4c(Cl)cc(-n5nc(N)c(=O)[nH]c5=O)cc4Cl)ccc3n2)c(C#N)o1. The number of H-pyrrole nitrogens is 1. The van der Waals surface area contributed by atoms with Gasteiger partial charge < -0.3 is 14.9 Å². The Morgan fingerprint density at radius 1 is 1.11 bits per heavy atom. The Balaban J connectivity index is 1.51. The first-order valence-corrected chi connectivity index (χ1v) is 11.5. The lowest BCUT2D eigenvalue weighted by Gasteiger charge is -2.13. The number of rotatable bonds is 4. The number of nitriles is 1. The van der Waals surface area contributed by atoms with Crippen LogP contribution in [0.25, 0.3) is 27.8 Å². The molecule has 37 heavy (non-hydrogen) atoms. The van der Waals surface area contributed by atoms with Gasteiger partial charge in [-0.1, -0.05) is 23.2 Å². The number of hydrogen-bond donors (Lipinski definition) is 2. The van der Waals surface area contributed by atoms with Gasteiger partial charge in [0, 0.05) is 5.39 Å². The molecule has 0 amide bonds. The van der Waals surface area contributed by atoms with E-state index in [2.05, 4.69) is 21.1 Å². The third kappa shape index (κ3) is 4.42. The molecule has 0 unspecified atom stereocenters. The number of fused-ring (bicyclic) bond motifs is 1. The fourth-order valence-electron chi connectivity index (χ4n) is 3.83. The van der Waals surface area contributed by atoms with Gasteiger partial charge in [0.15, 0.2) is 5.75 Å². The number of aromatic amines is 1. The summed E-state index contributed by atoms with van der Waals surface area (Å²) < 4.78 is 12.3. The third-order valence-electron chi connectivity index (χ3n) is 5.52. The molecule has 184 valence electrons. The van der Waals surface area contributed by atoms with Crippen LogP contribution >= 0.6 is 23.2 Å². The monoisotopic (exact) mass is 534 g/mol. The number of hydrogen-bond acceptors (Lipinski definition) is 8. The highest BCUT2D eigenvalue weighted by molar-refractivity contribution is 6.37. The third-order valence-corrected chi connectivity index (χ3v) is 6.08. The van der Waals surface area contributed by atoms with Gasteiger partial charge >= 0.3 is 5.69 Å². The second kappa shape index (κ2) is 9.13. The van der Waals surface area contributed by atoms with Gasteiger partial charge in [0.25, 0.3) is 5.56 Å². The smallest absolute Gasteiger partial charge is 0.349 e. The molecule has 0 bridgehead atoms. The zero-order valence-corrected chi connectivity index (χ0v) is 20.8. The Morgan fingerprint density at radius 2 is 1.84 bits per heavy atom. The summed E-state index contributed by atoms with van der Waals surface area (Å²) in [7, 11) is 0. The Hall–Kier alpha value is -4.59. The molecule has 3 N–H and O–H groups in total. The van der Waals surface area contributed by atoms with E-state index in [1.54, 1.807) is 31.2 Å². The minimum atomic E-state index is -0.802. The van der Waals surface area contributed by atoms with Crippen LogP contribution in [0.1, 0.15) is 17.1 Å². The van der Waals surface area contributed by atoms with Gasteiger partial charge in [-0.05, 0) is 61.9 Å². The highest BCUT2D eigenvalue weighted by Crippen LogP contribution is 2.39. The standard InChI is InChI=1S/C25H16Cl2N6O4/c1-11-5-20(16-6-12(2)36-21(16)10-28)30-19-4-3-14(9-15(11)19)37-22-17(26)7-13(8-18(22)27)33-25(35)31-24(34)23(29)32-33/h3-9H,1-2H3,(H2,29,32)(H,31,34,35). The predicted molar refractivity (Wildman–Crippen MR) is 139 cm³/mol. The number of nitrogen functional groups attached to an aromatic ring is 1. The van der Waals surface area contributed by atoms with E-state index in [1.165, 1.54) is 12.1 Å². The zero-order chi connectivity index (χ0) is 26.4. The molecule has 5 rings (SSSR count). The van der Waals surface area contributed by atoms with Crippen molar-refractivity contribution >= 4 is 39.9 Å². The van der Waals surface area contributed by atoms with E-state index in [-0.39, 0.29) is 33.1 Å². The van der Waals surface area contributed by atoms with Gasteiger partial charge in [0.05, 0.1) is 32.5 Å². The molecule has 2 aromatic carbocycles. The maximum Gasteiger partial charge on any atom is 0.349 e. The van der Waals surface area contributed by atoms with E-state index >= 15 is 0 Å². The number of nitrogens with two attached hydrogens (primary N) is 1. The number of nitrogens with zero attached hydrogens (tertiary/aromatic N) is 4. The number of ether oxygens (including phenoxy) is 1. The zero-order valence-electron chi connectivity index (χ0n) is 19.3. The Labute approximate surface area is 218 Å². The van der Waals surface area contributed by atoms with Crippen LogP contribution < -0.4 is 21.7 Å². The van der Waals surface area contributed by atoms with Crippen molar-refractivity contribution in [3.63, 3.8) is 0 Å². The van der Waals surface area contributed by atoms with E-state index in [0.717, 1.165) is 15.6 Å². The average Bonchev–Trinajstić information content (AvgIpc) is 3.24. The lowest BCUT2D eigenvalue weighted by atomic mass is 10.0. The largest absolute Gasteiger partial charge is 0.454 e. The van der Waals surface area contributed by atoms with E-state index < -0.39 is 11.2 Å². The van der Waals surface area contributed by atoms with Crippen LogP contribution in [-0.4, -0.2) is 19.7 Å². The molecular formula is C25H16Cl2N6O4. The van der Waals surface area contributed by atoms with Crippen molar-refractivity contribution in [2.45, 2.75) is 13.8 Å². The van der Waals surface area contributed by atoms with Gasteiger partial charge in [0.1, 0.15) is 17.6 Å². The maximum atomic E-state index is 12.1. The number of aryl methyl sites for hydroxylation is 2. The van der Waals surface area contributed by atoms with Crippen molar-refractivity contribution in [1.29, 1.82) is 5.26 Å². The van der Waals surface area contributed by atoms with Crippen LogP contribution in [0.4, 0.5) is 5.82 Å². The second-order valence-corrected chi connectivity index (χ2v) is 8.93. The topological polar surface area (TPSA) is 153 Å². The molecule has 0 saturated heterocycles. The first-order valence-electron chi connectivity index (χ1n) is 10.7. The Kier molecular flexibility index (Phi) is 5.95. The fraction of sp³-hybridized carbons (Fsp3) is 0.0800. The minimum absolute atomic E-state index is 0.102. The molecule has 10 nitrogen and oxygen atoms in total. The summed E-state index contributed by atoms with van der Waals surface area (Å²) in [4.78, 5) is 30.4. The summed E-state index contributed by atoms with van der Waals surface area (Å²) >= 11 is 12.8. The molecule has 0 atom stereocenters. The van der Waals surface area contributed by atoms with Crippen molar-refractivity contribution < 1.29 is 9.15 Å². The van der Waals surface area contributed by atoms with Crippen molar-refractivity contribution in [2.24, 2.45) is 0 Å². The van der Waals surface area contributed by atoms with E-state index in [9.17, 15) is 14.9 Å². The molecule has 0 fully saturated rings. The molecule has 0 saturated carbocycles. The van der Waals surface area contributed by atoms with Crippen LogP contribution in [0.3, 0.4) is 0 Å². The number of furan rings is 1. The van der Waals surface area contributed by atoms with E-state index in [0.29, 0.717) is 28.3 Å². The van der Waals surface area contributed by atoms with Gasteiger partial charge in [-0.25, -0.2) is 9.78 Å². The molecule has 0 spiro atoms. The summed E-state index contributed by atoms with van der Waals surface area (Å²) in [5, 5.41) is 14.2. The first kappa shape index (κ1) is 24.1. The van der Waals surface area contributed by atoms with Crippen molar-refractivity contribution in [1.82, 2.24) is 19.7 Å². The first-order chi connectivity index (χ1) is 17.6. The van der Waals surface area contributed by atoms with Crippen LogP contribution in [0, 0.1) is 25.2 Å². The molecule has 5 aromatic rings. The number of benzene rings is 2. The molecule has 0 aliphatic carbocycles. The highest BCUT2D eigenvalue weighted by Gasteiger charge is 2.17. The molecule has 0 aliphatic heterocycles. The van der Waals surface area contributed by atoms with Crippen LogP contribution in [0.5, 0.6) is 11.5 Å². The second-order valence-electron chi connectivity index (χ2n) is 8.11. The van der Waals surface area contributed by atoms with Gasteiger partial charge in [-0.2, -0.15) is 9.94 Å². The lowest BCUT2D eigenvalue weighted by molar-refractivity contribution is 0.483.